The number of piperidine rings is 1. The molecule has 1 saturated heterocycles. The van der Waals surface area contributed by atoms with Crippen molar-refractivity contribution in [2.24, 2.45) is 0 Å². The van der Waals surface area contributed by atoms with Gasteiger partial charge in [-0.25, -0.2) is 0 Å². The standard InChI is InChI=1S/C14H18BrNO/c1-11-4-2-3-9-16(11)14(17)10-12-5-7-13(15)8-6-12/h5-8,11H,2-4,9-10H2,1H3/t11-/m0/s1. The fourth-order valence-corrected chi connectivity index (χ4v) is 2.61. The number of hydrogen-bond acceptors (Lipinski definition) is 1. The van der Waals surface area contributed by atoms with Crippen molar-refractivity contribution in [2.45, 2.75) is 38.6 Å². The molecular formula is C14H18BrNO. The lowest BCUT2D eigenvalue weighted by atomic mass is 10.0. The lowest BCUT2D eigenvalue weighted by molar-refractivity contribution is -0.133. The molecule has 3 heteroatoms. The van der Waals surface area contributed by atoms with Gasteiger partial charge in [0.15, 0.2) is 0 Å². The second kappa shape index (κ2) is 5.67. The predicted molar refractivity (Wildman–Crippen MR) is 72.9 cm³/mol. The van der Waals surface area contributed by atoms with E-state index in [9.17, 15) is 4.79 Å². The molecule has 0 aliphatic carbocycles. The third-order valence-electron chi connectivity index (χ3n) is 3.39. The Labute approximate surface area is 111 Å². The van der Waals surface area contributed by atoms with E-state index in [2.05, 4.69) is 22.9 Å². The smallest absolute Gasteiger partial charge is 0.227 e. The summed E-state index contributed by atoms with van der Waals surface area (Å²) >= 11 is 3.40. The summed E-state index contributed by atoms with van der Waals surface area (Å²) in [5.74, 6) is 0.263. The first-order valence-electron chi connectivity index (χ1n) is 6.21. The van der Waals surface area contributed by atoms with Crippen LogP contribution in [0.4, 0.5) is 0 Å². The minimum absolute atomic E-state index is 0.263. The highest BCUT2D eigenvalue weighted by Crippen LogP contribution is 2.18. The van der Waals surface area contributed by atoms with E-state index in [1.54, 1.807) is 0 Å². The number of carbonyl (C=O) groups is 1. The van der Waals surface area contributed by atoms with Crippen LogP contribution in [0.2, 0.25) is 0 Å². The number of carbonyl (C=O) groups excluding carboxylic acids is 1. The van der Waals surface area contributed by atoms with Gasteiger partial charge in [-0.05, 0) is 43.9 Å². The zero-order valence-electron chi connectivity index (χ0n) is 10.2. The van der Waals surface area contributed by atoms with Crippen LogP contribution in [0.1, 0.15) is 31.7 Å². The van der Waals surface area contributed by atoms with Gasteiger partial charge in [0.1, 0.15) is 0 Å². The zero-order valence-corrected chi connectivity index (χ0v) is 11.7. The highest BCUT2D eigenvalue weighted by molar-refractivity contribution is 9.10. The van der Waals surface area contributed by atoms with E-state index in [1.165, 1.54) is 6.42 Å². The average molecular weight is 296 g/mol. The Morgan fingerprint density at radius 3 is 2.71 bits per heavy atom. The molecule has 0 unspecified atom stereocenters. The summed E-state index contributed by atoms with van der Waals surface area (Å²) in [5.41, 5.74) is 1.09. The lowest BCUT2D eigenvalue weighted by Gasteiger charge is -2.33. The minimum Gasteiger partial charge on any atom is -0.340 e. The molecule has 1 amide bonds. The molecule has 1 atom stereocenters. The molecule has 0 aromatic heterocycles. The van der Waals surface area contributed by atoms with Gasteiger partial charge in [-0.15, -0.1) is 0 Å². The van der Waals surface area contributed by atoms with Crippen molar-refractivity contribution >= 4 is 21.8 Å². The third-order valence-corrected chi connectivity index (χ3v) is 3.92. The van der Waals surface area contributed by atoms with Crippen LogP contribution in [0.15, 0.2) is 28.7 Å². The molecule has 0 spiro atoms. The van der Waals surface area contributed by atoms with Crippen LogP contribution in [0, 0.1) is 0 Å². The van der Waals surface area contributed by atoms with Gasteiger partial charge in [-0.1, -0.05) is 28.1 Å². The van der Waals surface area contributed by atoms with Gasteiger partial charge in [0.25, 0.3) is 0 Å². The Kier molecular flexibility index (Phi) is 4.21. The number of likely N-dealkylation sites (tertiary alicyclic amines) is 1. The van der Waals surface area contributed by atoms with Crippen molar-refractivity contribution < 1.29 is 4.79 Å². The predicted octanol–water partition coefficient (Wildman–Crippen LogP) is 3.39. The van der Waals surface area contributed by atoms with Crippen LogP contribution >= 0.6 is 15.9 Å². The molecule has 1 fully saturated rings. The quantitative estimate of drug-likeness (QED) is 0.819. The van der Waals surface area contributed by atoms with Crippen LogP contribution in [0.3, 0.4) is 0 Å². The summed E-state index contributed by atoms with van der Waals surface area (Å²) < 4.78 is 1.06. The van der Waals surface area contributed by atoms with Gasteiger partial charge in [0.2, 0.25) is 5.91 Å². The molecule has 1 aliphatic rings. The van der Waals surface area contributed by atoms with Crippen molar-refractivity contribution in [3.05, 3.63) is 34.3 Å². The fraction of sp³-hybridized carbons (Fsp3) is 0.500. The van der Waals surface area contributed by atoms with Gasteiger partial charge in [0.05, 0.1) is 6.42 Å². The molecule has 1 aromatic rings. The second-order valence-corrected chi connectivity index (χ2v) is 5.65. The summed E-state index contributed by atoms with van der Waals surface area (Å²) in [4.78, 5) is 14.2. The van der Waals surface area contributed by atoms with Crippen molar-refractivity contribution in [3.63, 3.8) is 0 Å². The third kappa shape index (κ3) is 3.32. The highest BCUT2D eigenvalue weighted by atomic mass is 79.9. The molecule has 1 aromatic carbocycles. The van der Waals surface area contributed by atoms with E-state index in [-0.39, 0.29) is 5.91 Å². The van der Waals surface area contributed by atoms with Crippen LogP contribution in [-0.2, 0) is 11.2 Å². The fourth-order valence-electron chi connectivity index (χ4n) is 2.35. The van der Waals surface area contributed by atoms with Crippen LogP contribution in [0.25, 0.3) is 0 Å². The van der Waals surface area contributed by atoms with Crippen LogP contribution in [0.5, 0.6) is 0 Å². The molecule has 0 N–H and O–H groups in total. The van der Waals surface area contributed by atoms with Crippen LogP contribution < -0.4 is 0 Å². The van der Waals surface area contributed by atoms with Gasteiger partial charge in [-0.2, -0.15) is 0 Å². The van der Waals surface area contributed by atoms with Gasteiger partial charge in [0, 0.05) is 17.1 Å². The normalized spacial score (nSPS) is 20.4. The Morgan fingerprint density at radius 1 is 1.35 bits per heavy atom. The first-order valence-corrected chi connectivity index (χ1v) is 7.00. The van der Waals surface area contributed by atoms with Gasteiger partial charge < -0.3 is 4.90 Å². The summed E-state index contributed by atoms with van der Waals surface area (Å²) in [6.45, 7) is 3.08. The summed E-state index contributed by atoms with van der Waals surface area (Å²) in [6, 6.07) is 8.41. The Morgan fingerprint density at radius 2 is 2.06 bits per heavy atom. The molecule has 0 bridgehead atoms. The molecule has 1 aliphatic heterocycles. The second-order valence-electron chi connectivity index (χ2n) is 4.74. The molecule has 2 nitrogen and oxygen atoms in total. The molecule has 0 saturated carbocycles. The maximum absolute atomic E-state index is 12.2. The number of nitrogens with zero attached hydrogens (tertiary/aromatic N) is 1. The van der Waals surface area contributed by atoms with Gasteiger partial charge >= 0.3 is 0 Å². The largest absolute Gasteiger partial charge is 0.340 e. The Bertz CT molecular complexity index is 388. The topological polar surface area (TPSA) is 20.3 Å². The summed E-state index contributed by atoms with van der Waals surface area (Å²) in [7, 11) is 0. The van der Waals surface area contributed by atoms with Crippen LogP contribution in [-0.4, -0.2) is 23.4 Å². The maximum atomic E-state index is 12.2. The summed E-state index contributed by atoms with van der Waals surface area (Å²) in [6.07, 6.45) is 4.07. The SMILES string of the molecule is C[C@H]1CCCCN1C(=O)Cc1ccc(Br)cc1. The van der Waals surface area contributed by atoms with Crippen molar-refractivity contribution in [3.8, 4) is 0 Å². The van der Waals surface area contributed by atoms with Crippen molar-refractivity contribution in [1.82, 2.24) is 4.90 Å². The van der Waals surface area contributed by atoms with E-state index >= 15 is 0 Å². The number of amides is 1. The van der Waals surface area contributed by atoms with E-state index in [4.69, 9.17) is 0 Å². The molecule has 92 valence electrons. The first-order chi connectivity index (χ1) is 8.16. The number of benzene rings is 1. The van der Waals surface area contributed by atoms with E-state index < -0.39 is 0 Å². The van der Waals surface area contributed by atoms with E-state index in [0.717, 1.165) is 29.4 Å². The first kappa shape index (κ1) is 12.6. The number of rotatable bonds is 2. The molecule has 17 heavy (non-hydrogen) atoms. The summed E-state index contributed by atoms with van der Waals surface area (Å²) in [5, 5.41) is 0. The molecule has 0 radical (unpaired) electrons. The molecular weight excluding hydrogens is 278 g/mol. The minimum atomic E-state index is 0.263. The Balaban J connectivity index is 1.98. The van der Waals surface area contributed by atoms with Crippen molar-refractivity contribution in [2.75, 3.05) is 6.54 Å². The number of hydrogen-bond donors (Lipinski definition) is 0. The van der Waals surface area contributed by atoms with Crippen molar-refractivity contribution in [1.29, 1.82) is 0 Å². The van der Waals surface area contributed by atoms with Gasteiger partial charge in [-0.3, -0.25) is 4.79 Å². The monoisotopic (exact) mass is 295 g/mol. The number of halogens is 1. The van der Waals surface area contributed by atoms with E-state index in [0.29, 0.717) is 12.5 Å². The average Bonchev–Trinajstić information content (AvgIpc) is 2.32. The molecule has 2 rings (SSSR count). The van der Waals surface area contributed by atoms with E-state index in [1.807, 2.05) is 29.2 Å². The zero-order chi connectivity index (χ0) is 12.3. The Hall–Kier alpha value is -0.830. The maximum Gasteiger partial charge on any atom is 0.227 e. The molecule has 1 heterocycles. The highest BCUT2D eigenvalue weighted by Gasteiger charge is 2.22. The lowest BCUT2D eigenvalue weighted by Crippen LogP contribution is -2.42.